The number of methoxy groups -OCH3 is 2. The molecule has 2 rings (SSSR count). The molecule has 1 amide bonds. The van der Waals surface area contributed by atoms with Crippen LogP contribution in [0.3, 0.4) is 0 Å². The summed E-state index contributed by atoms with van der Waals surface area (Å²) in [6, 6.07) is 11.4. The lowest BCUT2D eigenvalue weighted by molar-refractivity contribution is -0.122. The van der Waals surface area contributed by atoms with Crippen LogP contribution < -0.4 is 19.1 Å². The summed E-state index contributed by atoms with van der Waals surface area (Å²) in [5.41, 5.74) is 2.40. The molecule has 0 bridgehead atoms. The monoisotopic (exact) mass is 448 g/mol. The van der Waals surface area contributed by atoms with E-state index in [2.05, 4.69) is 5.32 Å². The summed E-state index contributed by atoms with van der Waals surface area (Å²) in [4.78, 5) is 13.1. The zero-order chi connectivity index (χ0) is 23.2. The van der Waals surface area contributed by atoms with Gasteiger partial charge in [0.2, 0.25) is 15.9 Å². The number of anilines is 1. The second-order valence-electron chi connectivity index (χ2n) is 7.34. The summed E-state index contributed by atoms with van der Waals surface area (Å²) in [6.07, 6.45) is 2.58. The van der Waals surface area contributed by atoms with E-state index in [1.54, 1.807) is 39.3 Å². The molecule has 0 aromatic heterocycles. The second-order valence-corrected chi connectivity index (χ2v) is 9.20. The van der Waals surface area contributed by atoms with Gasteiger partial charge in [-0.05, 0) is 55.2 Å². The van der Waals surface area contributed by atoms with Gasteiger partial charge in [0.25, 0.3) is 0 Å². The van der Waals surface area contributed by atoms with Gasteiger partial charge in [-0.1, -0.05) is 32.0 Å². The summed E-state index contributed by atoms with van der Waals surface area (Å²) in [5, 5.41) is 2.98. The highest BCUT2D eigenvalue weighted by atomic mass is 32.2. The number of rotatable bonds is 10. The van der Waals surface area contributed by atoms with Crippen molar-refractivity contribution in [1.82, 2.24) is 5.32 Å². The number of aryl methyl sites for hydroxylation is 1. The van der Waals surface area contributed by atoms with Crippen LogP contribution in [0, 0.1) is 0 Å². The van der Waals surface area contributed by atoms with E-state index < -0.39 is 16.1 Å². The van der Waals surface area contributed by atoms with Crippen LogP contribution in [-0.4, -0.2) is 40.8 Å². The third-order valence-electron chi connectivity index (χ3n) is 5.22. The Kier molecular flexibility index (Phi) is 8.33. The fourth-order valence-corrected chi connectivity index (χ4v) is 4.65. The van der Waals surface area contributed by atoms with Crippen LogP contribution in [0.25, 0.3) is 0 Å². The van der Waals surface area contributed by atoms with E-state index in [0.717, 1.165) is 28.1 Å². The Morgan fingerprint density at radius 1 is 1.03 bits per heavy atom. The van der Waals surface area contributed by atoms with Gasteiger partial charge in [-0.2, -0.15) is 0 Å². The first-order chi connectivity index (χ1) is 14.7. The van der Waals surface area contributed by atoms with Crippen molar-refractivity contribution in [2.75, 3.05) is 24.8 Å². The zero-order valence-corrected chi connectivity index (χ0v) is 19.8. The fourth-order valence-electron chi connectivity index (χ4n) is 3.47. The highest BCUT2D eigenvalue weighted by Crippen LogP contribution is 2.31. The number of benzene rings is 2. The lowest BCUT2D eigenvalue weighted by Gasteiger charge is -2.30. The van der Waals surface area contributed by atoms with Gasteiger partial charge in [0.15, 0.2) is 11.5 Å². The number of hydrogen-bond acceptors (Lipinski definition) is 5. The summed E-state index contributed by atoms with van der Waals surface area (Å²) >= 11 is 0. The maximum absolute atomic E-state index is 13.1. The van der Waals surface area contributed by atoms with Gasteiger partial charge in [0.1, 0.15) is 6.04 Å². The van der Waals surface area contributed by atoms with E-state index in [0.29, 0.717) is 23.6 Å². The molecule has 8 heteroatoms. The van der Waals surface area contributed by atoms with Gasteiger partial charge < -0.3 is 14.8 Å². The SMILES string of the molecule is CCc1ccc(N([C@H](C)C(=O)N[C@@H](CC)c2ccc(OC)c(OC)c2)S(C)(=O)=O)cc1. The summed E-state index contributed by atoms with van der Waals surface area (Å²) in [6.45, 7) is 5.56. The Labute approximate surface area is 185 Å². The van der Waals surface area contributed by atoms with Gasteiger partial charge in [-0.25, -0.2) is 8.42 Å². The summed E-state index contributed by atoms with van der Waals surface area (Å²) < 4.78 is 36.8. The Morgan fingerprint density at radius 2 is 1.65 bits per heavy atom. The standard InChI is InChI=1S/C23H32N2O5S/c1-7-17-9-12-19(13-10-17)25(31(6,27)28)16(3)23(26)24-20(8-2)18-11-14-21(29-4)22(15-18)30-5/h9-16,20H,7-8H2,1-6H3,(H,24,26)/t16-,20+/m1/s1. The summed E-state index contributed by atoms with van der Waals surface area (Å²) in [5.74, 6) is 0.778. The zero-order valence-electron chi connectivity index (χ0n) is 19.0. The van der Waals surface area contributed by atoms with Crippen LogP contribution in [0.1, 0.15) is 44.4 Å². The number of carbonyl (C=O) groups excluding carboxylic acids is 1. The normalized spacial score (nSPS) is 13.2. The molecule has 0 fully saturated rings. The minimum absolute atomic E-state index is 0.307. The molecule has 2 aromatic rings. The number of nitrogens with one attached hydrogen (secondary N) is 1. The van der Waals surface area contributed by atoms with E-state index in [1.165, 1.54) is 0 Å². The molecule has 0 unspecified atom stereocenters. The molecule has 7 nitrogen and oxygen atoms in total. The van der Waals surface area contributed by atoms with Gasteiger partial charge in [-0.15, -0.1) is 0 Å². The molecule has 0 heterocycles. The number of sulfonamides is 1. The van der Waals surface area contributed by atoms with Crippen LogP contribution in [0.2, 0.25) is 0 Å². The molecule has 0 saturated heterocycles. The first kappa shape index (κ1) is 24.5. The molecular formula is C23H32N2O5S. The lowest BCUT2D eigenvalue weighted by atomic mass is 10.0. The Morgan fingerprint density at radius 3 is 2.13 bits per heavy atom. The van der Waals surface area contributed by atoms with Gasteiger partial charge >= 0.3 is 0 Å². The van der Waals surface area contributed by atoms with Crippen molar-refractivity contribution >= 4 is 21.6 Å². The molecule has 31 heavy (non-hydrogen) atoms. The first-order valence-corrected chi connectivity index (χ1v) is 12.1. The van der Waals surface area contributed by atoms with Crippen LogP contribution >= 0.6 is 0 Å². The number of carbonyl (C=O) groups is 1. The molecule has 2 atom stereocenters. The van der Waals surface area contributed by atoms with Gasteiger partial charge in [0.05, 0.1) is 32.2 Å². The lowest BCUT2D eigenvalue weighted by Crippen LogP contribution is -2.48. The van der Waals surface area contributed by atoms with E-state index in [1.807, 2.05) is 38.1 Å². The topological polar surface area (TPSA) is 84.9 Å². The average molecular weight is 449 g/mol. The van der Waals surface area contributed by atoms with Crippen molar-refractivity contribution in [3.8, 4) is 11.5 Å². The van der Waals surface area contributed by atoms with E-state index in [4.69, 9.17) is 9.47 Å². The van der Waals surface area contributed by atoms with Crippen LogP contribution in [0.5, 0.6) is 11.5 Å². The maximum atomic E-state index is 13.1. The van der Waals surface area contributed by atoms with Crippen molar-refractivity contribution in [3.05, 3.63) is 53.6 Å². The molecule has 0 saturated carbocycles. The van der Waals surface area contributed by atoms with E-state index in [9.17, 15) is 13.2 Å². The molecular weight excluding hydrogens is 416 g/mol. The van der Waals surface area contributed by atoms with Gasteiger partial charge in [-0.3, -0.25) is 9.10 Å². The summed E-state index contributed by atoms with van der Waals surface area (Å²) in [7, 11) is -0.559. The molecule has 0 aliphatic heterocycles. The Balaban J connectivity index is 2.29. The number of nitrogens with zero attached hydrogens (tertiary/aromatic N) is 1. The third kappa shape index (κ3) is 5.91. The first-order valence-electron chi connectivity index (χ1n) is 10.3. The molecule has 2 aromatic carbocycles. The Hall–Kier alpha value is -2.74. The molecule has 0 aliphatic rings. The van der Waals surface area contributed by atoms with Crippen molar-refractivity contribution in [3.63, 3.8) is 0 Å². The molecule has 0 radical (unpaired) electrons. The van der Waals surface area contributed by atoms with E-state index in [-0.39, 0.29) is 11.9 Å². The van der Waals surface area contributed by atoms with Crippen LogP contribution in [0.4, 0.5) is 5.69 Å². The van der Waals surface area contributed by atoms with Crippen LogP contribution in [-0.2, 0) is 21.2 Å². The minimum Gasteiger partial charge on any atom is -0.493 e. The molecule has 1 N–H and O–H groups in total. The molecule has 0 aliphatic carbocycles. The van der Waals surface area contributed by atoms with Crippen molar-refractivity contribution < 1.29 is 22.7 Å². The van der Waals surface area contributed by atoms with Gasteiger partial charge in [0, 0.05) is 0 Å². The number of amides is 1. The highest BCUT2D eigenvalue weighted by molar-refractivity contribution is 7.92. The number of ether oxygens (including phenoxy) is 2. The van der Waals surface area contributed by atoms with Crippen LogP contribution in [0.15, 0.2) is 42.5 Å². The maximum Gasteiger partial charge on any atom is 0.244 e. The van der Waals surface area contributed by atoms with Crippen molar-refractivity contribution in [1.29, 1.82) is 0 Å². The average Bonchev–Trinajstić information content (AvgIpc) is 2.76. The Bertz CT molecular complexity index is 990. The largest absolute Gasteiger partial charge is 0.493 e. The molecule has 0 spiro atoms. The second kappa shape index (κ2) is 10.5. The van der Waals surface area contributed by atoms with Crippen molar-refractivity contribution in [2.24, 2.45) is 0 Å². The number of hydrogen-bond donors (Lipinski definition) is 1. The third-order valence-corrected chi connectivity index (χ3v) is 6.46. The predicted octanol–water partition coefficient (Wildman–Crippen LogP) is 3.69. The smallest absolute Gasteiger partial charge is 0.244 e. The highest BCUT2D eigenvalue weighted by Gasteiger charge is 2.30. The molecule has 170 valence electrons. The predicted molar refractivity (Wildman–Crippen MR) is 123 cm³/mol. The fraction of sp³-hybridized carbons (Fsp3) is 0.435. The quantitative estimate of drug-likeness (QED) is 0.599. The van der Waals surface area contributed by atoms with E-state index >= 15 is 0 Å². The van der Waals surface area contributed by atoms with Crippen molar-refractivity contribution in [2.45, 2.75) is 45.7 Å². The minimum atomic E-state index is -3.67.